The van der Waals surface area contributed by atoms with Crippen LogP contribution in [0.5, 0.6) is 0 Å². The number of hydrogen-bond acceptors (Lipinski definition) is 3. The van der Waals surface area contributed by atoms with Gasteiger partial charge in [0.05, 0.1) is 12.6 Å². The molecule has 1 rings (SSSR count). The number of likely N-dealkylation sites (N-methyl/N-ethyl adjacent to an activating group) is 2. The Morgan fingerprint density at radius 2 is 1.90 bits per heavy atom. The molecule has 20 heavy (non-hydrogen) atoms. The lowest BCUT2D eigenvalue weighted by Crippen LogP contribution is -2.52. The summed E-state index contributed by atoms with van der Waals surface area (Å²) in [5.74, 6) is 0.0385. The van der Waals surface area contributed by atoms with E-state index in [0.29, 0.717) is 6.54 Å². The van der Waals surface area contributed by atoms with E-state index in [2.05, 4.69) is 17.5 Å². The van der Waals surface area contributed by atoms with E-state index in [9.17, 15) is 10.1 Å². The van der Waals surface area contributed by atoms with Crippen molar-refractivity contribution in [2.75, 3.05) is 26.7 Å². The number of nitriles is 1. The van der Waals surface area contributed by atoms with Crippen molar-refractivity contribution < 1.29 is 4.79 Å². The Morgan fingerprint density at radius 1 is 1.30 bits per heavy atom. The van der Waals surface area contributed by atoms with Crippen molar-refractivity contribution >= 4 is 5.91 Å². The van der Waals surface area contributed by atoms with Crippen LogP contribution in [0, 0.1) is 11.3 Å². The largest absolute Gasteiger partial charge is 0.326 e. The van der Waals surface area contributed by atoms with Crippen LogP contribution < -0.4 is 0 Å². The average Bonchev–Trinajstić information content (AvgIpc) is 2.45. The molecule has 1 aliphatic rings. The monoisotopic (exact) mass is 277 g/mol. The van der Waals surface area contributed by atoms with Gasteiger partial charge in [0.25, 0.3) is 0 Å². The fraction of sp³-hybridized carbons (Fsp3) is 0.750. The van der Waals surface area contributed by atoms with Gasteiger partial charge in [-0.3, -0.25) is 9.69 Å². The minimum Gasteiger partial charge on any atom is -0.326 e. The summed E-state index contributed by atoms with van der Waals surface area (Å²) in [4.78, 5) is 16.2. The molecule has 4 nitrogen and oxygen atoms in total. The third kappa shape index (κ3) is 4.08. The molecule has 0 aromatic rings. The lowest BCUT2D eigenvalue weighted by atomic mass is 9.81. The normalized spacial score (nSPS) is 17.6. The van der Waals surface area contributed by atoms with Crippen LogP contribution in [-0.2, 0) is 4.79 Å². The average molecular weight is 277 g/mol. The number of rotatable bonds is 6. The van der Waals surface area contributed by atoms with Gasteiger partial charge < -0.3 is 4.90 Å². The SMILES string of the molecule is C=C(C)CN(CC)CC(=O)N(C)C1(C#N)CCCCC1. The lowest BCUT2D eigenvalue weighted by Gasteiger charge is -2.39. The molecule has 0 heterocycles. The first-order chi connectivity index (χ1) is 9.45. The Labute approximate surface area is 123 Å². The van der Waals surface area contributed by atoms with Gasteiger partial charge in [-0.25, -0.2) is 0 Å². The van der Waals surface area contributed by atoms with Crippen LogP contribution in [0.2, 0.25) is 0 Å². The highest BCUT2D eigenvalue weighted by Gasteiger charge is 2.38. The van der Waals surface area contributed by atoms with Gasteiger partial charge in [-0.05, 0) is 26.3 Å². The molecule has 1 aliphatic carbocycles. The van der Waals surface area contributed by atoms with Crippen LogP contribution in [0.1, 0.15) is 46.0 Å². The van der Waals surface area contributed by atoms with Gasteiger partial charge in [-0.2, -0.15) is 5.26 Å². The maximum Gasteiger partial charge on any atom is 0.237 e. The highest BCUT2D eigenvalue weighted by molar-refractivity contribution is 5.79. The molecule has 4 heteroatoms. The van der Waals surface area contributed by atoms with Crippen LogP contribution in [-0.4, -0.2) is 47.9 Å². The molecule has 0 aliphatic heterocycles. The highest BCUT2D eigenvalue weighted by atomic mass is 16.2. The van der Waals surface area contributed by atoms with Crippen molar-refractivity contribution in [2.24, 2.45) is 0 Å². The van der Waals surface area contributed by atoms with Gasteiger partial charge in [-0.1, -0.05) is 38.3 Å². The molecule has 0 radical (unpaired) electrons. The van der Waals surface area contributed by atoms with Crippen LogP contribution in [0.25, 0.3) is 0 Å². The summed E-state index contributed by atoms with van der Waals surface area (Å²) in [7, 11) is 1.78. The summed E-state index contributed by atoms with van der Waals surface area (Å²) in [5, 5.41) is 9.53. The number of amides is 1. The third-order valence-electron chi connectivity index (χ3n) is 4.20. The van der Waals surface area contributed by atoms with Crippen LogP contribution in [0.15, 0.2) is 12.2 Å². The fourth-order valence-electron chi connectivity index (χ4n) is 2.86. The molecular formula is C16H27N3O. The highest BCUT2D eigenvalue weighted by Crippen LogP contribution is 2.32. The molecule has 1 amide bonds. The van der Waals surface area contributed by atoms with E-state index in [1.54, 1.807) is 11.9 Å². The maximum atomic E-state index is 12.5. The fourth-order valence-corrected chi connectivity index (χ4v) is 2.86. The van der Waals surface area contributed by atoms with Crippen molar-refractivity contribution in [2.45, 2.75) is 51.5 Å². The van der Waals surface area contributed by atoms with Gasteiger partial charge in [0.1, 0.15) is 5.54 Å². The minimum absolute atomic E-state index is 0.0385. The third-order valence-corrected chi connectivity index (χ3v) is 4.20. The Kier molecular flexibility index (Phi) is 6.22. The van der Waals surface area contributed by atoms with Gasteiger partial charge in [0.2, 0.25) is 5.91 Å². The summed E-state index contributed by atoms with van der Waals surface area (Å²) < 4.78 is 0. The molecule has 0 atom stereocenters. The van der Waals surface area contributed by atoms with E-state index in [-0.39, 0.29) is 5.91 Å². The number of carbonyl (C=O) groups excluding carboxylic acids is 1. The summed E-state index contributed by atoms with van der Waals surface area (Å²) >= 11 is 0. The zero-order valence-corrected chi connectivity index (χ0v) is 13.1. The van der Waals surface area contributed by atoms with Crippen molar-refractivity contribution in [3.63, 3.8) is 0 Å². The van der Waals surface area contributed by atoms with E-state index in [1.165, 1.54) is 6.42 Å². The first-order valence-corrected chi connectivity index (χ1v) is 7.50. The molecule has 0 aromatic carbocycles. The zero-order valence-electron chi connectivity index (χ0n) is 13.1. The van der Waals surface area contributed by atoms with Crippen LogP contribution in [0.4, 0.5) is 0 Å². The summed E-state index contributed by atoms with van der Waals surface area (Å²) in [6, 6.07) is 2.40. The molecule has 1 saturated carbocycles. The number of nitrogens with zero attached hydrogens (tertiary/aromatic N) is 3. The molecular weight excluding hydrogens is 250 g/mol. The molecule has 0 N–H and O–H groups in total. The predicted molar refractivity (Wildman–Crippen MR) is 81.1 cm³/mol. The molecule has 0 aromatic heterocycles. The second-order valence-electron chi connectivity index (χ2n) is 5.92. The van der Waals surface area contributed by atoms with Crippen molar-refractivity contribution in [3.8, 4) is 6.07 Å². The van der Waals surface area contributed by atoms with E-state index < -0.39 is 5.54 Å². The van der Waals surface area contributed by atoms with Gasteiger partial charge >= 0.3 is 0 Å². The zero-order chi connectivity index (χ0) is 15.2. The molecule has 0 spiro atoms. The first kappa shape index (κ1) is 16.7. The number of hydrogen-bond donors (Lipinski definition) is 0. The molecule has 112 valence electrons. The van der Waals surface area contributed by atoms with Crippen molar-refractivity contribution in [3.05, 3.63) is 12.2 Å². The first-order valence-electron chi connectivity index (χ1n) is 7.50. The van der Waals surface area contributed by atoms with E-state index >= 15 is 0 Å². The Balaban J connectivity index is 2.69. The second-order valence-corrected chi connectivity index (χ2v) is 5.92. The Morgan fingerprint density at radius 3 is 2.35 bits per heavy atom. The van der Waals surface area contributed by atoms with Crippen LogP contribution >= 0.6 is 0 Å². The summed E-state index contributed by atoms with van der Waals surface area (Å²) in [5.41, 5.74) is 0.466. The van der Waals surface area contributed by atoms with Crippen molar-refractivity contribution in [1.82, 2.24) is 9.80 Å². The van der Waals surface area contributed by atoms with Gasteiger partial charge in [-0.15, -0.1) is 0 Å². The smallest absolute Gasteiger partial charge is 0.237 e. The van der Waals surface area contributed by atoms with E-state index in [1.807, 2.05) is 13.8 Å². The Hall–Kier alpha value is -1.34. The minimum atomic E-state index is -0.585. The maximum absolute atomic E-state index is 12.5. The van der Waals surface area contributed by atoms with Crippen molar-refractivity contribution in [1.29, 1.82) is 5.26 Å². The van der Waals surface area contributed by atoms with Gasteiger partial charge in [0, 0.05) is 13.6 Å². The van der Waals surface area contributed by atoms with Gasteiger partial charge in [0.15, 0.2) is 0 Å². The standard InChI is InChI=1S/C16H27N3O/c1-5-19(11-14(2)3)12-15(20)18(4)16(13-17)9-7-6-8-10-16/h2,5-12H2,1,3-4H3. The molecule has 1 fully saturated rings. The summed E-state index contributed by atoms with van der Waals surface area (Å²) in [6.45, 7) is 9.81. The Bertz CT molecular complexity index is 391. The summed E-state index contributed by atoms with van der Waals surface area (Å²) in [6.07, 6.45) is 4.85. The molecule has 0 saturated heterocycles. The van der Waals surface area contributed by atoms with Crippen LogP contribution in [0.3, 0.4) is 0 Å². The quantitative estimate of drug-likeness (QED) is 0.701. The number of carbonyl (C=O) groups is 1. The second kappa shape index (κ2) is 7.44. The molecule has 0 bridgehead atoms. The lowest BCUT2D eigenvalue weighted by molar-refractivity contribution is -0.135. The predicted octanol–water partition coefficient (Wildman–Crippen LogP) is 2.57. The molecule has 0 unspecified atom stereocenters. The van der Waals surface area contributed by atoms with E-state index in [4.69, 9.17) is 0 Å². The topological polar surface area (TPSA) is 47.3 Å². The van der Waals surface area contributed by atoms with E-state index in [0.717, 1.165) is 44.3 Å².